The number of nitrogens with zero attached hydrogens (tertiary/aromatic N) is 1. The standard InChI is InChI=1S/C27H33NO3/c1-19-26-24(25(26)18-28(19)17-20-10-4-2-5-11-20)16-23(21-12-6-3-7-13-21)27(29)31-30-22-14-8-9-15-22/h2-7,10-13,19,22-26H,8-9,14-18H2,1H3. The molecule has 0 amide bonds. The molecule has 1 saturated heterocycles. The fraction of sp³-hybridized carbons (Fsp3) is 0.519. The van der Waals surface area contributed by atoms with Gasteiger partial charge in [0.1, 0.15) is 6.10 Å². The van der Waals surface area contributed by atoms with Crippen LogP contribution in [-0.2, 0) is 21.1 Å². The molecule has 5 rings (SSSR count). The van der Waals surface area contributed by atoms with E-state index in [1.165, 1.54) is 5.56 Å². The van der Waals surface area contributed by atoms with Gasteiger partial charge in [0.25, 0.3) is 0 Å². The lowest BCUT2D eigenvalue weighted by Gasteiger charge is -2.27. The van der Waals surface area contributed by atoms with Crippen LogP contribution in [0, 0.1) is 17.8 Å². The molecule has 5 unspecified atom stereocenters. The molecule has 5 atom stereocenters. The molecule has 2 aromatic rings. The van der Waals surface area contributed by atoms with Gasteiger partial charge in [-0.25, -0.2) is 4.79 Å². The van der Waals surface area contributed by atoms with Crippen LogP contribution in [0.4, 0.5) is 0 Å². The molecule has 2 aromatic carbocycles. The zero-order chi connectivity index (χ0) is 21.2. The van der Waals surface area contributed by atoms with Gasteiger partial charge >= 0.3 is 5.97 Å². The lowest BCUT2D eigenvalue weighted by atomic mass is 9.91. The van der Waals surface area contributed by atoms with Crippen molar-refractivity contribution < 1.29 is 14.6 Å². The van der Waals surface area contributed by atoms with Crippen molar-refractivity contribution >= 4 is 5.97 Å². The van der Waals surface area contributed by atoms with E-state index in [1.807, 2.05) is 30.3 Å². The zero-order valence-electron chi connectivity index (χ0n) is 18.4. The van der Waals surface area contributed by atoms with Crippen LogP contribution < -0.4 is 0 Å². The van der Waals surface area contributed by atoms with E-state index in [0.717, 1.165) is 50.8 Å². The number of fused-ring (bicyclic) bond motifs is 1. The van der Waals surface area contributed by atoms with Crippen LogP contribution in [0.15, 0.2) is 60.7 Å². The summed E-state index contributed by atoms with van der Waals surface area (Å²) < 4.78 is 0. The van der Waals surface area contributed by atoms with Crippen LogP contribution >= 0.6 is 0 Å². The van der Waals surface area contributed by atoms with Gasteiger partial charge < -0.3 is 0 Å². The van der Waals surface area contributed by atoms with Crippen molar-refractivity contribution in [1.82, 2.24) is 4.90 Å². The highest BCUT2D eigenvalue weighted by atomic mass is 17.2. The fourth-order valence-electron chi connectivity index (χ4n) is 5.97. The average molecular weight is 420 g/mol. The summed E-state index contributed by atoms with van der Waals surface area (Å²) in [6, 6.07) is 21.4. The van der Waals surface area contributed by atoms with Gasteiger partial charge in [-0.15, -0.1) is 0 Å². The van der Waals surface area contributed by atoms with Crippen LogP contribution in [0.25, 0.3) is 0 Å². The van der Waals surface area contributed by atoms with Crippen molar-refractivity contribution in [3.63, 3.8) is 0 Å². The Bertz CT molecular complexity index is 865. The summed E-state index contributed by atoms with van der Waals surface area (Å²) in [5.74, 6) is 1.49. The van der Waals surface area contributed by atoms with Gasteiger partial charge in [-0.05, 0) is 55.1 Å². The Kier molecular flexibility index (Phi) is 6.10. The Morgan fingerprint density at radius 3 is 2.35 bits per heavy atom. The highest BCUT2D eigenvalue weighted by Crippen LogP contribution is 2.59. The summed E-state index contributed by atoms with van der Waals surface area (Å²) in [5.41, 5.74) is 2.42. The molecule has 3 aliphatic rings. The Morgan fingerprint density at radius 1 is 1.03 bits per heavy atom. The summed E-state index contributed by atoms with van der Waals surface area (Å²) >= 11 is 0. The van der Waals surface area contributed by atoms with Crippen molar-refractivity contribution in [3.8, 4) is 0 Å². The highest BCUT2D eigenvalue weighted by Gasteiger charge is 2.59. The van der Waals surface area contributed by atoms with Gasteiger partial charge in [-0.2, -0.15) is 4.89 Å². The van der Waals surface area contributed by atoms with E-state index in [9.17, 15) is 4.79 Å². The molecular weight excluding hydrogens is 386 g/mol. The predicted octanol–water partition coefficient (Wildman–Crippen LogP) is 5.34. The second-order valence-corrected chi connectivity index (χ2v) is 9.66. The maximum absolute atomic E-state index is 13.0. The Hall–Kier alpha value is -2.17. The third-order valence-electron chi connectivity index (χ3n) is 7.77. The molecule has 31 heavy (non-hydrogen) atoms. The molecule has 4 heteroatoms. The molecule has 0 spiro atoms. The second-order valence-electron chi connectivity index (χ2n) is 9.66. The van der Waals surface area contributed by atoms with Crippen LogP contribution in [0.1, 0.15) is 56.1 Å². The van der Waals surface area contributed by atoms with E-state index in [4.69, 9.17) is 9.78 Å². The number of benzene rings is 2. The molecule has 0 aromatic heterocycles. The molecule has 2 aliphatic carbocycles. The van der Waals surface area contributed by atoms with E-state index >= 15 is 0 Å². The number of carbonyl (C=O) groups excluding carboxylic acids is 1. The van der Waals surface area contributed by atoms with E-state index in [2.05, 4.69) is 42.2 Å². The van der Waals surface area contributed by atoms with Crippen molar-refractivity contribution in [2.75, 3.05) is 6.54 Å². The molecule has 164 valence electrons. The molecular formula is C27H33NO3. The monoisotopic (exact) mass is 419 g/mol. The smallest absolute Gasteiger partial charge is 0.297 e. The fourth-order valence-corrected chi connectivity index (χ4v) is 5.97. The normalized spacial score (nSPS) is 28.9. The largest absolute Gasteiger partial charge is 0.349 e. The van der Waals surface area contributed by atoms with Crippen molar-refractivity contribution in [2.24, 2.45) is 17.8 Å². The number of hydrogen-bond donors (Lipinski definition) is 0. The minimum absolute atomic E-state index is 0.0762. The molecule has 2 saturated carbocycles. The summed E-state index contributed by atoms with van der Waals surface area (Å²) in [6.45, 7) is 4.49. The first kappa shape index (κ1) is 20.7. The van der Waals surface area contributed by atoms with Crippen molar-refractivity contribution in [1.29, 1.82) is 0 Å². The first-order valence-corrected chi connectivity index (χ1v) is 11.9. The van der Waals surface area contributed by atoms with Gasteiger partial charge in [0.15, 0.2) is 0 Å². The first-order valence-electron chi connectivity index (χ1n) is 11.9. The SMILES string of the molecule is CC1C2C(CC(C(=O)OOC3CCCC3)c3ccccc3)C2CN1Cc1ccccc1. The molecule has 3 fully saturated rings. The summed E-state index contributed by atoms with van der Waals surface area (Å²) in [7, 11) is 0. The van der Waals surface area contributed by atoms with Crippen molar-refractivity contribution in [2.45, 2.75) is 63.6 Å². The van der Waals surface area contributed by atoms with Crippen LogP contribution in [-0.4, -0.2) is 29.6 Å². The number of piperidine rings is 1. The van der Waals surface area contributed by atoms with Gasteiger partial charge in [0, 0.05) is 19.1 Å². The lowest BCUT2D eigenvalue weighted by Crippen LogP contribution is -2.32. The predicted molar refractivity (Wildman–Crippen MR) is 120 cm³/mol. The summed E-state index contributed by atoms with van der Waals surface area (Å²) in [5, 5.41) is 0. The quantitative estimate of drug-likeness (QED) is 0.427. The highest BCUT2D eigenvalue weighted by molar-refractivity contribution is 5.77. The molecule has 1 aliphatic heterocycles. The average Bonchev–Trinajstić information content (AvgIpc) is 3.10. The molecule has 1 heterocycles. The molecule has 0 bridgehead atoms. The van der Waals surface area contributed by atoms with Crippen LogP contribution in [0.5, 0.6) is 0 Å². The lowest BCUT2D eigenvalue weighted by molar-refractivity contribution is -0.298. The third kappa shape index (κ3) is 4.56. The minimum Gasteiger partial charge on any atom is -0.297 e. The Morgan fingerprint density at radius 2 is 1.71 bits per heavy atom. The molecule has 0 N–H and O–H groups in total. The summed E-state index contributed by atoms with van der Waals surface area (Å²) in [6.07, 6.45) is 5.23. The van der Waals surface area contributed by atoms with E-state index in [1.54, 1.807) is 0 Å². The number of rotatable bonds is 8. The van der Waals surface area contributed by atoms with Gasteiger partial charge in [-0.1, -0.05) is 73.5 Å². The summed E-state index contributed by atoms with van der Waals surface area (Å²) in [4.78, 5) is 26.5. The number of carbonyl (C=O) groups is 1. The van der Waals surface area contributed by atoms with Crippen molar-refractivity contribution in [3.05, 3.63) is 71.8 Å². The number of likely N-dealkylation sites (tertiary alicyclic amines) is 1. The molecule has 4 nitrogen and oxygen atoms in total. The Labute approximate surface area is 185 Å². The van der Waals surface area contributed by atoms with Gasteiger partial charge in [-0.3, -0.25) is 9.79 Å². The maximum atomic E-state index is 13.0. The third-order valence-corrected chi connectivity index (χ3v) is 7.77. The van der Waals surface area contributed by atoms with Gasteiger partial charge in [0.2, 0.25) is 0 Å². The maximum Gasteiger partial charge on any atom is 0.349 e. The molecule has 0 radical (unpaired) electrons. The van der Waals surface area contributed by atoms with Crippen LogP contribution in [0.3, 0.4) is 0 Å². The van der Waals surface area contributed by atoms with E-state index in [0.29, 0.717) is 23.8 Å². The topological polar surface area (TPSA) is 38.8 Å². The first-order chi connectivity index (χ1) is 15.2. The second kappa shape index (κ2) is 9.13. The van der Waals surface area contributed by atoms with E-state index < -0.39 is 0 Å². The van der Waals surface area contributed by atoms with E-state index in [-0.39, 0.29) is 18.0 Å². The van der Waals surface area contributed by atoms with Gasteiger partial charge in [0.05, 0.1) is 5.92 Å². The van der Waals surface area contributed by atoms with Crippen LogP contribution in [0.2, 0.25) is 0 Å². The number of hydrogen-bond acceptors (Lipinski definition) is 4. The minimum atomic E-state index is -0.243. The zero-order valence-corrected chi connectivity index (χ0v) is 18.4. The Balaban J connectivity index is 1.21.